The van der Waals surface area contributed by atoms with Gasteiger partial charge in [0.2, 0.25) is 0 Å². The van der Waals surface area contributed by atoms with Gasteiger partial charge in [0.25, 0.3) is 5.91 Å². The number of anilines is 2. The molecule has 1 aliphatic heterocycles. The molecule has 0 saturated carbocycles. The van der Waals surface area contributed by atoms with E-state index in [0.717, 1.165) is 11.6 Å². The van der Waals surface area contributed by atoms with Crippen LogP contribution in [0, 0.1) is 0 Å². The maximum absolute atomic E-state index is 12.5. The summed E-state index contributed by atoms with van der Waals surface area (Å²) < 4.78 is 1.78. The Bertz CT molecular complexity index is 761. The maximum Gasteiger partial charge on any atom is 0.270 e. The summed E-state index contributed by atoms with van der Waals surface area (Å²) >= 11 is 0. The minimum Gasteiger partial charge on any atom is -0.386 e. The summed E-state index contributed by atoms with van der Waals surface area (Å²) in [6, 6.07) is 5.47. The van der Waals surface area contributed by atoms with Gasteiger partial charge in [-0.15, -0.1) is 0 Å². The van der Waals surface area contributed by atoms with Gasteiger partial charge in [0, 0.05) is 46.5 Å². The van der Waals surface area contributed by atoms with E-state index in [1.54, 1.807) is 29.6 Å². The van der Waals surface area contributed by atoms with Gasteiger partial charge in [0.05, 0.1) is 6.54 Å². The van der Waals surface area contributed by atoms with Crippen LogP contribution in [0.2, 0.25) is 0 Å². The first-order valence-electron chi connectivity index (χ1n) is 8.26. The molecule has 8 nitrogen and oxygen atoms in total. The summed E-state index contributed by atoms with van der Waals surface area (Å²) in [4.78, 5) is 24.5. The second kappa shape index (κ2) is 6.72. The number of hydrogen-bond acceptors (Lipinski definition) is 6. The van der Waals surface area contributed by atoms with Crippen molar-refractivity contribution in [3.63, 3.8) is 0 Å². The second-order valence-corrected chi connectivity index (χ2v) is 6.57. The van der Waals surface area contributed by atoms with E-state index in [9.17, 15) is 9.90 Å². The van der Waals surface area contributed by atoms with Gasteiger partial charge in [-0.05, 0) is 18.6 Å². The van der Waals surface area contributed by atoms with Crippen LogP contribution in [0.5, 0.6) is 0 Å². The molecule has 0 unspecified atom stereocenters. The molecule has 0 radical (unpaired) electrons. The molecule has 1 aliphatic rings. The van der Waals surface area contributed by atoms with Crippen LogP contribution >= 0.6 is 0 Å². The van der Waals surface area contributed by atoms with Crippen LogP contribution in [0.15, 0.2) is 30.7 Å². The number of nitrogens with one attached hydrogen (secondary N) is 1. The molecule has 25 heavy (non-hydrogen) atoms. The second-order valence-electron chi connectivity index (χ2n) is 6.57. The first kappa shape index (κ1) is 17.2. The highest BCUT2D eigenvalue weighted by Gasteiger charge is 2.38. The molecule has 0 spiro atoms. The topological polar surface area (TPSA) is 86.5 Å². The number of aromatic nitrogens is 3. The average molecular weight is 344 g/mol. The molecule has 0 aromatic carbocycles. The summed E-state index contributed by atoms with van der Waals surface area (Å²) in [7, 11) is 5.36. The van der Waals surface area contributed by atoms with E-state index in [1.807, 2.05) is 30.3 Å². The molecule has 1 saturated heterocycles. The quantitative estimate of drug-likeness (QED) is 0.825. The highest BCUT2D eigenvalue weighted by molar-refractivity contribution is 5.92. The molecule has 1 amide bonds. The lowest BCUT2D eigenvalue weighted by Gasteiger charge is -2.29. The van der Waals surface area contributed by atoms with Gasteiger partial charge in [0.15, 0.2) is 0 Å². The minimum absolute atomic E-state index is 0.0983. The van der Waals surface area contributed by atoms with Gasteiger partial charge in [-0.1, -0.05) is 0 Å². The van der Waals surface area contributed by atoms with Gasteiger partial charge in [-0.3, -0.25) is 4.79 Å². The highest BCUT2D eigenvalue weighted by atomic mass is 16.3. The first-order valence-corrected chi connectivity index (χ1v) is 8.26. The van der Waals surface area contributed by atoms with Crippen LogP contribution in [0.3, 0.4) is 0 Å². The van der Waals surface area contributed by atoms with Crippen molar-refractivity contribution in [3.05, 3.63) is 36.4 Å². The fourth-order valence-corrected chi connectivity index (χ4v) is 3.23. The van der Waals surface area contributed by atoms with Crippen LogP contribution in [-0.4, -0.2) is 69.8 Å². The zero-order chi connectivity index (χ0) is 18.0. The lowest BCUT2D eigenvalue weighted by Crippen LogP contribution is -2.46. The van der Waals surface area contributed by atoms with Crippen LogP contribution in [0.25, 0.3) is 0 Å². The molecule has 1 atom stereocenters. The van der Waals surface area contributed by atoms with Crippen molar-refractivity contribution < 1.29 is 9.90 Å². The van der Waals surface area contributed by atoms with Crippen LogP contribution < -0.4 is 10.2 Å². The van der Waals surface area contributed by atoms with Crippen molar-refractivity contribution in [2.75, 3.05) is 43.9 Å². The van der Waals surface area contributed by atoms with Crippen molar-refractivity contribution in [1.82, 2.24) is 19.4 Å². The fraction of sp³-hybridized carbons (Fsp3) is 0.471. The van der Waals surface area contributed by atoms with Crippen molar-refractivity contribution in [2.24, 2.45) is 7.05 Å². The van der Waals surface area contributed by atoms with E-state index in [1.165, 1.54) is 6.33 Å². The molecule has 8 heteroatoms. The van der Waals surface area contributed by atoms with Crippen molar-refractivity contribution in [2.45, 2.75) is 12.0 Å². The number of carbonyl (C=O) groups excluding carboxylic acids is 1. The standard InChI is InChI=1S/C17H24N6O2/c1-18-14-9-15(20-12-19-14)23-8-6-17(25,11-23)10-22(3)16(24)13-5-4-7-21(13)2/h4-5,7,9,12,25H,6,8,10-11H2,1-3H3,(H,18,19,20)/t17-/m1/s1. The number of hydrogen-bond donors (Lipinski definition) is 2. The lowest BCUT2D eigenvalue weighted by molar-refractivity contribution is 0.0260. The van der Waals surface area contributed by atoms with Gasteiger partial charge in [0.1, 0.15) is 29.3 Å². The monoisotopic (exact) mass is 344 g/mol. The summed E-state index contributed by atoms with van der Waals surface area (Å²) in [5.74, 6) is 1.40. The Balaban J connectivity index is 1.67. The molecule has 3 heterocycles. The number of likely N-dealkylation sites (N-methyl/N-ethyl adjacent to an activating group) is 1. The molecule has 134 valence electrons. The number of aryl methyl sites for hydroxylation is 1. The van der Waals surface area contributed by atoms with E-state index in [-0.39, 0.29) is 12.5 Å². The minimum atomic E-state index is -0.958. The zero-order valence-electron chi connectivity index (χ0n) is 14.8. The molecule has 2 aromatic heterocycles. The van der Waals surface area contributed by atoms with Gasteiger partial charge in [-0.2, -0.15) is 0 Å². The summed E-state index contributed by atoms with van der Waals surface area (Å²) in [6.45, 7) is 1.39. The third-order valence-electron chi connectivity index (χ3n) is 4.61. The number of aliphatic hydroxyl groups is 1. The van der Waals surface area contributed by atoms with Crippen LogP contribution in [0.1, 0.15) is 16.9 Å². The van der Waals surface area contributed by atoms with Gasteiger partial charge >= 0.3 is 0 Å². The first-order chi connectivity index (χ1) is 11.9. The predicted molar refractivity (Wildman–Crippen MR) is 95.7 cm³/mol. The van der Waals surface area contributed by atoms with Crippen molar-refractivity contribution in [3.8, 4) is 0 Å². The smallest absolute Gasteiger partial charge is 0.270 e. The zero-order valence-corrected chi connectivity index (χ0v) is 14.8. The fourth-order valence-electron chi connectivity index (χ4n) is 3.23. The molecular formula is C17H24N6O2. The Labute approximate surface area is 147 Å². The number of nitrogens with zero attached hydrogens (tertiary/aromatic N) is 5. The van der Waals surface area contributed by atoms with Crippen molar-refractivity contribution >= 4 is 17.5 Å². The number of amides is 1. The largest absolute Gasteiger partial charge is 0.386 e. The summed E-state index contributed by atoms with van der Waals surface area (Å²) in [6.07, 6.45) is 3.92. The van der Waals surface area contributed by atoms with E-state index >= 15 is 0 Å². The normalized spacial score (nSPS) is 19.9. The Hall–Kier alpha value is -2.61. The third-order valence-corrected chi connectivity index (χ3v) is 4.61. The third kappa shape index (κ3) is 3.58. The van der Waals surface area contributed by atoms with Gasteiger partial charge in [-0.25, -0.2) is 9.97 Å². The number of rotatable bonds is 5. The SMILES string of the molecule is CNc1cc(N2CC[C@@](O)(CN(C)C(=O)c3cccn3C)C2)ncn1. The lowest BCUT2D eigenvalue weighted by atomic mass is 10.0. The van der Waals surface area contributed by atoms with Gasteiger partial charge < -0.3 is 24.8 Å². The maximum atomic E-state index is 12.5. The number of carbonyl (C=O) groups is 1. The highest BCUT2D eigenvalue weighted by Crippen LogP contribution is 2.27. The Morgan fingerprint density at radius 3 is 2.96 bits per heavy atom. The summed E-state index contributed by atoms with van der Waals surface area (Å²) in [5.41, 5.74) is -0.351. The Morgan fingerprint density at radius 2 is 2.28 bits per heavy atom. The molecule has 0 bridgehead atoms. The van der Waals surface area contributed by atoms with Crippen LogP contribution in [-0.2, 0) is 7.05 Å². The van der Waals surface area contributed by atoms with E-state index in [0.29, 0.717) is 25.2 Å². The molecule has 3 rings (SSSR count). The van der Waals surface area contributed by atoms with E-state index in [4.69, 9.17) is 0 Å². The van der Waals surface area contributed by atoms with Crippen LogP contribution in [0.4, 0.5) is 11.6 Å². The molecular weight excluding hydrogens is 320 g/mol. The molecule has 2 aromatic rings. The predicted octanol–water partition coefficient (Wildman–Crippen LogP) is 0.570. The molecule has 2 N–H and O–H groups in total. The summed E-state index contributed by atoms with van der Waals surface area (Å²) in [5, 5.41) is 13.9. The van der Waals surface area contributed by atoms with E-state index < -0.39 is 5.60 Å². The van der Waals surface area contributed by atoms with E-state index in [2.05, 4.69) is 15.3 Å². The average Bonchev–Trinajstić information content (AvgIpc) is 3.20. The molecule has 1 fully saturated rings. The van der Waals surface area contributed by atoms with Crippen molar-refractivity contribution in [1.29, 1.82) is 0 Å². The number of β-amino-alcohol motifs (C(OH)–C–C–N with tert-alkyl or cyclic N) is 1. The Morgan fingerprint density at radius 1 is 1.48 bits per heavy atom. The Kier molecular flexibility index (Phi) is 4.63. The molecule has 0 aliphatic carbocycles.